The number of hydrogen-bond donors (Lipinski definition) is 1. The average molecular weight is 432 g/mol. The number of rotatable bonds is 7. The largest absolute Gasteiger partial charge is 0.391 e. The highest BCUT2D eigenvalue weighted by molar-refractivity contribution is 7.99. The summed E-state index contributed by atoms with van der Waals surface area (Å²) in [4.78, 5) is 7.03. The molecule has 1 aromatic heterocycles. The Morgan fingerprint density at radius 3 is 2.32 bits per heavy atom. The Labute approximate surface area is 187 Å². The molecule has 0 amide bonds. The zero-order chi connectivity index (χ0) is 21.5. The van der Waals surface area contributed by atoms with Crippen LogP contribution in [0.15, 0.2) is 71.8 Å². The van der Waals surface area contributed by atoms with Crippen LogP contribution in [0.5, 0.6) is 0 Å². The number of hydrogen-bond acceptors (Lipinski definition) is 6. The van der Waals surface area contributed by atoms with E-state index in [1.54, 1.807) is 0 Å². The van der Waals surface area contributed by atoms with Gasteiger partial charge in [-0.1, -0.05) is 60.7 Å². The van der Waals surface area contributed by atoms with Crippen molar-refractivity contribution >= 4 is 11.8 Å². The molecule has 6 heteroatoms. The molecule has 1 aliphatic heterocycles. The van der Waals surface area contributed by atoms with Crippen molar-refractivity contribution in [1.29, 1.82) is 5.26 Å². The van der Waals surface area contributed by atoms with Crippen molar-refractivity contribution in [2.45, 2.75) is 11.1 Å². The lowest BCUT2D eigenvalue weighted by molar-refractivity contribution is 0.0188. The number of benzene rings is 2. The molecular weight excluding hydrogens is 406 g/mol. The van der Waals surface area contributed by atoms with Gasteiger partial charge in [0.25, 0.3) is 0 Å². The summed E-state index contributed by atoms with van der Waals surface area (Å²) >= 11 is 1.44. The lowest BCUT2D eigenvalue weighted by atomic mass is 9.99. The number of aromatic nitrogens is 1. The molecule has 0 radical (unpaired) electrons. The number of β-amino-alcohol motifs (C(OH)–C–C–N with tert-alkyl or cyclic N) is 1. The first-order valence-corrected chi connectivity index (χ1v) is 11.4. The van der Waals surface area contributed by atoms with Crippen molar-refractivity contribution in [3.05, 3.63) is 72.3 Å². The second-order valence-electron chi connectivity index (χ2n) is 7.46. The average Bonchev–Trinajstić information content (AvgIpc) is 2.84. The molecule has 2 heterocycles. The first-order chi connectivity index (χ1) is 15.2. The monoisotopic (exact) mass is 431 g/mol. The van der Waals surface area contributed by atoms with E-state index < -0.39 is 6.10 Å². The molecule has 1 aliphatic rings. The van der Waals surface area contributed by atoms with E-state index in [-0.39, 0.29) is 0 Å². The Bertz CT molecular complexity index is 1030. The second kappa shape index (κ2) is 10.6. The summed E-state index contributed by atoms with van der Waals surface area (Å²) in [5.74, 6) is 0.478. The predicted octanol–water partition coefficient (Wildman–Crippen LogP) is 4.07. The lowest BCUT2D eigenvalue weighted by Crippen LogP contribution is -2.41. The summed E-state index contributed by atoms with van der Waals surface area (Å²) in [5, 5.41) is 21.2. The van der Waals surface area contributed by atoms with Crippen LogP contribution < -0.4 is 0 Å². The number of nitrogens with zero attached hydrogens (tertiary/aromatic N) is 3. The summed E-state index contributed by atoms with van der Waals surface area (Å²) in [5.41, 5.74) is 4.22. The van der Waals surface area contributed by atoms with E-state index in [4.69, 9.17) is 9.72 Å². The van der Waals surface area contributed by atoms with Gasteiger partial charge >= 0.3 is 0 Å². The number of pyridine rings is 1. The Morgan fingerprint density at radius 1 is 1.03 bits per heavy atom. The van der Waals surface area contributed by atoms with Crippen molar-refractivity contribution in [3.8, 4) is 28.5 Å². The van der Waals surface area contributed by atoms with Crippen LogP contribution >= 0.6 is 11.8 Å². The minimum Gasteiger partial charge on any atom is -0.391 e. The van der Waals surface area contributed by atoms with E-state index in [1.807, 2.05) is 66.7 Å². The third-order valence-corrected chi connectivity index (χ3v) is 6.36. The summed E-state index contributed by atoms with van der Waals surface area (Å²) in [6.45, 7) is 3.69. The molecule has 1 fully saturated rings. The highest BCUT2D eigenvalue weighted by atomic mass is 32.2. The quantitative estimate of drug-likeness (QED) is 0.569. The van der Waals surface area contributed by atoms with Gasteiger partial charge < -0.3 is 9.84 Å². The van der Waals surface area contributed by atoms with Gasteiger partial charge in [-0.2, -0.15) is 5.26 Å². The standard InChI is InChI=1S/C25H25N3O2S/c26-16-23-22(19-7-3-1-4-8-19)15-24(20-9-5-2-6-10-20)27-25(23)31-18-21(29)17-28-11-13-30-14-12-28/h1-10,15,21,29H,11-14,17-18H2/t21-/m1/s1. The van der Waals surface area contributed by atoms with Crippen molar-refractivity contribution in [2.24, 2.45) is 0 Å². The molecular formula is C25H25N3O2S. The molecule has 1 atom stereocenters. The van der Waals surface area contributed by atoms with Crippen LogP contribution in [-0.2, 0) is 4.74 Å². The Morgan fingerprint density at radius 2 is 1.68 bits per heavy atom. The van der Waals surface area contributed by atoms with Crippen LogP contribution in [0.1, 0.15) is 5.56 Å². The van der Waals surface area contributed by atoms with Gasteiger partial charge in [-0.3, -0.25) is 4.90 Å². The van der Waals surface area contributed by atoms with Gasteiger partial charge in [0.2, 0.25) is 0 Å². The number of aliphatic hydroxyl groups excluding tert-OH is 1. The number of ether oxygens (including phenoxy) is 1. The minimum absolute atomic E-state index is 0.478. The lowest BCUT2D eigenvalue weighted by Gasteiger charge is -2.28. The minimum atomic E-state index is -0.503. The molecule has 4 rings (SSSR count). The van der Waals surface area contributed by atoms with Gasteiger partial charge in [-0.25, -0.2) is 4.98 Å². The predicted molar refractivity (Wildman–Crippen MR) is 124 cm³/mol. The van der Waals surface area contributed by atoms with Crippen LogP contribution in [0.25, 0.3) is 22.4 Å². The highest BCUT2D eigenvalue weighted by Crippen LogP contribution is 2.34. The first-order valence-electron chi connectivity index (χ1n) is 10.4. The van der Waals surface area contributed by atoms with Crippen molar-refractivity contribution in [3.63, 3.8) is 0 Å². The molecule has 3 aromatic rings. The van der Waals surface area contributed by atoms with Crippen LogP contribution in [0.3, 0.4) is 0 Å². The molecule has 5 nitrogen and oxygen atoms in total. The smallest absolute Gasteiger partial charge is 0.115 e. The maximum absolute atomic E-state index is 10.6. The number of morpholine rings is 1. The summed E-state index contributed by atoms with van der Waals surface area (Å²) in [6.07, 6.45) is -0.503. The van der Waals surface area contributed by atoms with Gasteiger partial charge in [0.1, 0.15) is 11.1 Å². The number of aliphatic hydroxyl groups is 1. The van der Waals surface area contributed by atoms with Gasteiger partial charge in [0.15, 0.2) is 0 Å². The van der Waals surface area contributed by atoms with E-state index >= 15 is 0 Å². The van der Waals surface area contributed by atoms with E-state index in [2.05, 4.69) is 11.0 Å². The molecule has 0 saturated carbocycles. The van der Waals surface area contributed by atoms with Gasteiger partial charge in [-0.15, -0.1) is 11.8 Å². The number of thioether (sulfide) groups is 1. The molecule has 0 aliphatic carbocycles. The summed E-state index contributed by atoms with van der Waals surface area (Å²) in [7, 11) is 0. The maximum Gasteiger partial charge on any atom is 0.115 e. The normalized spacial score (nSPS) is 15.4. The fourth-order valence-corrected chi connectivity index (χ4v) is 4.56. The van der Waals surface area contributed by atoms with Crippen LogP contribution in [0.4, 0.5) is 0 Å². The fraction of sp³-hybridized carbons (Fsp3) is 0.280. The van der Waals surface area contributed by atoms with Crippen molar-refractivity contribution < 1.29 is 9.84 Å². The van der Waals surface area contributed by atoms with Crippen LogP contribution in [-0.4, -0.2) is 59.7 Å². The van der Waals surface area contributed by atoms with E-state index in [9.17, 15) is 10.4 Å². The van der Waals surface area contributed by atoms with Crippen LogP contribution in [0, 0.1) is 11.3 Å². The summed E-state index contributed by atoms with van der Waals surface area (Å²) < 4.78 is 5.38. The second-order valence-corrected chi connectivity index (χ2v) is 8.47. The molecule has 2 aromatic carbocycles. The Hall–Kier alpha value is -2.69. The van der Waals surface area contributed by atoms with E-state index in [1.165, 1.54) is 11.8 Å². The fourth-order valence-electron chi connectivity index (χ4n) is 3.65. The zero-order valence-electron chi connectivity index (χ0n) is 17.3. The van der Waals surface area contributed by atoms with Gasteiger partial charge in [0, 0.05) is 36.5 Å². The zero-order valence-corrected chi connectivity index (χ0v) is 18.1. The Kier molecular flexibility index (Phi) is 7.34. The third kappa shape index (κ3) is 5.52. The SMILES string of the molecule is N#Cc1c(-c2ccccc2)cc(-c2ccccc2)nc1SC[C@H](O)CN1CCOCC1. The summed E-state index contributed by atoms with van der Waals surface area (Å²) in [6, 6.07) is 24.2. The van der Waals surface area contributed by atoms with Crippen molar-refractivity contribution in [2.75, 3.05) is 38.6 Å². The number of nitriles is 1. The highest BCUT2D eigenvalue weighted by Gasteiger charge is 2.19. The molecule has 0 spiro atoms. The molecule has 1 saturated heterocycles. The first kappa shape index (κ1) is 21.5. The molecule has 31 heavy (non-hydrogen) atoms. The third-order valence-electron chi connectivity index (χ3n) is 5.24. The topological polar surface area (TPSA) is 69.4 Å². The molecule has 0 bridgehead atoms. The molecule has 158 valence electrons. The van der Waals surface area contributed by atoms with Gasteiger partial charge in [-0.05, 0) is 11.6 Å². The van der Waals surface area contributed by atoms with Crippen molar-refractivity contribution in [1.82, 2.24) is 9.88 Å². The molecule has 1 N–H and O–H groups in total. The van der Waals surface area contributed by atoms with Crippen LogP contribution in [0.2, 0.25) is 0 Å². The Balaban J connectivity index is 1.63. The van der Waals surface area contributed by atoms with E-state index in [0.29, 0.717) is 36.1 Å². The van der Waals surface area contributed by atoms with Gasteiger partial charge in [0.05, 0.1) is 30.6 Å². The molecule has 0 unspecified atom stereocenters. The van der Waals surface area contributed by atoms with E-state index in [0.717, 1.165) is 35.5 Å². The maximum atomic E-state index is 10.6.